The number of rotatable bonds is 6. The SMILES string of the molecule is CC(NC(=O)CCC(=O)c1ccc(Cl)s1)c1ccc(F)cc1. The van der Waals surface area contributed by atoms with Crippen LogP contribution in [0.25, 0.3) is 0 Å². The van der Waals surface area contributed by atoms with E-state index in [9.17, 15) is 14.0 Å². The Morgan fingerprint density at radius 3 is 2.45 bits per heavy atom. The van der Waals surface area contributed by atoms with Gasteiger partial charge in [-0.05, 0) is 36.8 Å². The quantitative estimate of drug-likeness (QED) is 0.794. The van der Waals surface area contributed by atoms with Crippen LogP contribution in [0.1, 0.15) is 41.0 Å². The van der Waals surface area contributed by atoms with Gasteiger partial charge in [0.1, 0.15) is 5.82 Å². The molecular formula is C16H15ClFNO2S. The molecule has 0 aliphatic carbocycles. The smallest absolute Gasteiger partial charge is 0.220 e. The Balaban J connectivity index is 1.82. The number of hydrogen-bond acceptors (Lipinski definition) is 3. The van der Waals surface area contributed by atoms with Gasteiger partial charge in [0.15, 0.2) is 5.78 Å². The van der Waals surface area contributed by atoms with Gasteiger partial charge < -0.3 is 5.32 Å². The van der Waals surface area contributed by atoms with Crippen molar-refractivity contribution in [1.82, 2.24) is 5.32 Å². The maximum Gasteiger partial charge on any atom is 0.220 e. The summed E-state index contributed by atoms with van der Waals surface area (Å²) in [6.07, 6.45) is 0.249. The molecule has 0 saturated carbocycles. The van der Waals surface area contributed by atoms with Crippen molar-refractivity contribution in [3.8, 4) is 0 Å². The van der Waals surface area contributed by atoms with Gasteiger partial charge in [-0.3, -0.25) is 9.59 Å². The second kappa shape index (κ2) is 7.51. The average Bonchev–Trinajstić information content (AvgIpc) is 2.92. The van der Waals surface area contributed by atoms with Crippen molar-refractivity contribution in [3.63, 3.8) is 0 Å². The van der Waals surface area contributed by atoms with Crippen LogP contribution in [0.5, 0.6) is 0 Å². The Bertz CT molecular complexity index is 669. The summed E-state index contributed by atoms with van der Waals surface area (Å²) in [5, 5.41) is 2.79. The van der Waals surface area contributed by atoms with Gasteiger partial charge in [0.05, 0.1) is 15.3 Å². The minimum atomic E-state index is -0.317. The first-order chi connectivity index (χ1) is 10.5. The van der Waals surface area contributed by atoms with Gasteiger partial charge in [0, 0.05) is 12.8 Å². The molecule has 1 N–H and O–H groups in total. The minimum absolute atomic E-state index is 0.0958. The van der Waals surface area contributed by atoms with E-state index in [0.717, 1.165) is 5.56 Å². The fourth-order valence-corrected chi connectivity index (χ4v) is 2.97. The van der Waals surface area contributed by atoms with E-state index in [4.69, 9.17) is 11.6 Å². The molecule has 1 aromatic heterocycles. The molecule has 6 heteroatoms. The Hall–Kier alpha value is -1.72. The molecule has 0 radical (unpaired) electrons. The number of ketones is 1. The molecular weight excluding hydrogens is 325 g/mol. The van der Waals surface area contributed by atoms with Gasteiger partial charge in [-0.2, -0.15) is 0 Å². The van der Waals surface area contributed by atoms with Gasteiger partial charge in [-0.1, -0.05) is 23.7 Å². The number of halogens is 2. The Morgan fingerprint density at radius 1 is 1.18 bits per heavy atom. The molecule has 0 saturated heterocycles. The number of Topliss-reactive ketones (excluding diaryl/α,β-unsaturated/α-hetero) is 1. The minimum Gasteiger partial charge on any atom is -0.350 e. The van der Waals surface area contributed by atoms with E-state index in [0.29, 0.717) is 9.21 Å². The fourth-order valence-electron chi connectivity index (χ4n) is 1.96. The molecule has 0 aliphatic rings. The molecule has 1 aromatic carbocycles. The molecule has 1 heterocycles. The molecule has 1 atom stereocenters. The van der Waals surface area contributed by atoms with E-state index in [-0.39, 0.29) is 36.4 Å². The highest BCUT2D eigenvalue weighted by Crippen LogP contribution is 2.23. The highest BCUT2D eigenvalue weighted by Gasteiger charge is 2.13. The van der Waals surface area contributed by atoms with Crippen molar-refractivity contribution in [2.75, 3.05) is 0 Å². The third kappa shape index (κ3) is 4.64. The third-order valence-electron chi connectivity index (χ3n) is 3.17. The lowest BCUT2D eigenvalue weighted by atomic mass is 10.1. The normalized spacial score (nSPS) is 12.0. The standard InChI is InChI=1S/C16H15ClFNO2S/c1-10(11-2-4-12(18)5-3-11)19-16(21)9-6-13(20)14-7-8-15(17)22-14/h2-5,7-8,10H,6,9H2,1H3,(H,19,21). The van der Waals surface area contributed by atoms with Crippen molar-refractivity contribution in [3.05, 3.63) is 57.0 Å². The summed E-state index contributed by atoms with van der Waals surface area (Å²) in [5.41, 5.74) is 0.811. The predicted octanol–water partition coefficient (Wildman–Crippen LogP) is 4.38. The van der Waals surface area contributed by atoms with E-state index in [1.165, 1.54) is 23.5 Å². The van der Waals surface area contributed by atoms with Gasteiger partial charge >= 0.3 is 0 Å². The van der Waals surface area contributed by atoms with Gasteiger partial charge in [0.2, 0.25) is 5.91 Å². The highest BCUT2D eigenvalue weighted by atomic mass is 35.5. The zero-order valence-electron chi connectivity index (χ0n) is 11.9. The maximum atomic E-state index is 12.9. The summed E-state index contributed by atoms with van der Waals surface area (Å²) in [7, 11) is 0. The lowest BCUT2D eigenvalue weighted by Crippen LogP contribution is -2.26. The molecule has 0 aliphatic heterocycles. The van der Waals surface area contributed by atoms with Crippen LogP contribution in [0.15, 0.2) is 36.4 Å². The van der Waals surface area contributed by atoms with Crippen LogP contribution in [0.4, 0.5) is 4.39 Å². The highest BCUT2D eigenvalue weighted by molar-refractivity contribution is 7.18. The lowest BCUT2D eigenvalue weighted by Gasteiger charge is -2.14. The van der Waals surface area contributed by atoms with Crippen LogP contribution in [0, 0.1) is 5.82 Å². The molecule has 3 nitrogen and oxygen atoms in total. The number of nitrogens with one attached hydrogen (secondary N) is 1. The number of benzene rings is 1. The average molecular weight is 340 g/mol. The first-order valence-electron chi connectivity index (χ1n) is 6.79. The van der Waals surface area contributed by atoms with Crippen molar-refractivity contribution < 1.29 is 14.0 Å². The largest absolute Gasteiger partial charge is 0.350 e. The molecule has 2 aromatic rings. The van der Waals surface area contributed by atoms with E-state index < -0.39 is 0 Å². The molecule has 116 valence electrons. The summed E-state index contributed by atoms with van der Waals surface area (Å²) in [6.45, 7) is 1.81. The third-order valence-corrected chi connectivity index (χ3v) is 4.45. The fraction of sp³-hybridized carbons (Fsp3) is 0.250. The lowest BCUT2D eigenvalue weighted by molar-refractivity contribution is -0.121. The maximum absolute atomic E-state index is 12.9. The summed E-state index contributed by atoms with van der Waals surface area (Å²) in [4.78, 5) is 24.3. The van der Waals surface area contributed by atoms with E-state index in [1.807, 2.05) is 6.92 Å². The molecule has 1 amide bonds. The molecule has 2 rings (SSSR count). The van der Waals surface area contributed by atoms with Crippen LogP contribution in [0.2, 0.25) is 4.34 Å². The van der Waals surface area contributed by atoms with Crippen LogP contribution in [0.3, 0.4) is 0 Å². The van der Waals surface area contributed by atoms with Crippen molar-refractivity contribution in [1.29, 1.82) is 0 Å². The molecule has 0 fully saturated rings. The van der Waals surface area contributed by atoms with Crippen molar-refractivity contribution >= 4 is 34.6 Å². The van der Waals surface area contributed by atoms with E-state index in [1.54, 1.807) is 24.3 Å². The summed E-state index contributed by atoms with van der Waals surface area (Å²) in [5.74, 6) is -0.628. The van der Waals surface area contributed by atoms with Crippen LogP contribution in [-0.2, 0) is 4.79 Å². The monoisotopic (exact) mass is 339 g/mol. The second-order valence-electron chi connectivity index (χ2n) is 4.87. The van der Waals surface area contributed by atoms with Gasteiger partial charge in [-0.25, -0.2) is 4.39 Å². The predicted molar refractivity (Wildman–Crippen MR) is 85.9 cm³/mol. The van der Waals surface area contributed by atoms with E-state index >= 15 is 0 Å². The number of carbonyl (C=O) groups excluding carboxylic acids is 2. The first-order valence-corrected chi connectivity index (χ1v) is 7.98. The second-order valence-corrected chi connectivity index (χ2v) is 6.58. The summed E-state index contributed by atoms with van der Waals surface area (Å²) >= 11 is 6.98. The van der Waals surface area contributed by atoms with Crippen LogP contribution >= 0.6 is 22.9 Å². The Labute approximate surface area is 137 Å². The zero-order valence-corrected chi connectivity index (χ0v) is 13.5. The topological polar surface area (TPSA) is 46.2 Å². The number of thiophene rings is 1. The number of carbonyl (C=O) groups is 2. The Kier molecular flexibility index (Phi) is 5.69. The summed E-state index contributed by atoms with van der Waals surface area (Å²) in [6, 6.07) is 9.03. The first kappa shape index (κ1) is 16.6. The number of hydrogen-bond donors (Lipinski definition) is 1. The van der Waals surface area contributed by atoms with Crippen molar-refractivity contribution in [2.24, 2.45) is 0 Å². The Morgan fingerprint density at radius 2 is 1.86 bits per heavy atom. The molecule has 1 unspecified atom stereocenters. The van der Waals surface area contributed by atoms with Gasteiger partial charge in [0.25, 0.3) is 0 Å². The molecule has 0 spiro atoms. The van der Waals surface area contributed by atoms with Crippen LogP contribution < -0.4 is 5.32 Å². The van der Waals surface area contributed by atoms with E-state index in [2.05, 4.69) is 5.32 Å². The van der Waals surface area contributed by atoms with Gasteiger partial charge in [-0.15, -0.1) is 11.3 Å². The molecule has 22 heavy (non-hydrogen) atoms. The zero-order chi connectivity index (χ0) is 16.1. The molecule has 0 bridgehead atoms. The van der Waals surface area contributed by atoms with Crippen LogP contribution in [-0.4, -0.2) is 11.7 Å². The van der Waals surface area contributed by atoms with Crippen molar-refractivity contribution in [2.45, 2.75) is 25.8 Å². The summed E-state index contributed by atoms with van der Waals surface area (Å²) < 4.78 is 13.4. The number of amides is 1.